The molecule has 0 aliphatic carbocycles. The van der Waals surface area contributed by atoms with E-state index in [0.717, 1.165) is 0 Å². The van der Waals surface area contributed by atoms with Crippen LogP contribution in [0.15, 0.2) is 0 Å². The zero-order valence-electron chi connectivity index (χ0n) is 7.57. The molecular formula is C7H15NO4. The molecule has 0 aliphatic rings. The molecule has 0 aliphatic heterocycles. The molecule has 0 radical (unpaired) electrons. The number of rotatable bonds is 4. The van der Waals surface area contributed by atoms with E-state index in [1.54, 1.807) is 13.8 Å². The van der Waals surface area contributed by atoms with Crippen molar-refractivity contribution in [3.05, 3.63) is 0 Å². The fourth-order valence-corrected chi connectivity index (χ4v) is 0.879. The Morgan fingerprint density at radius 1 is 1.58 bits per heavy atom. The van der Waals surface area contributed by atoms with Crippen molar-refractivity contribution in [1.29, 1.82) is 0 Å². The van der Waals surface area contributed by atoms with Gasteiger partial charge in [0.2, 0.25) is 0 Å². The molecule has 12 heavy (non-hydrogen) atoms. The summed E-state index contributed by atoms with van der Waals surface area (Å²) in [6.07, 6.45) is 0.483. The summed E-state index contributed by atoms with van der Waals surface area (Å²) < 4.78 is 4.52. The van der Waals surface area contributed by atoms with Crippen LogP contribution < -0.4 is 0 Å². The summed E-state index contributed by atoms with van der Waals surface area (Å²) in [6, 6.07) is 0. The summed E-state index contributed by atoms with van der Waals surface area (Å²) in [6.45, 7) is 3.23. The maximum atomic E-state index is 11.1. The van der Waals surface area contributed by atoms with Gasteiger partial charge in [0.15, 0.2) is 0 Å². The SMILES string of the molecule is CCC(C)(CN(O)O)C(=O)OC. The van der Waals surface area contributed by atoms with E-state index in [2.05, 4.69) is 4.74 Å². The fraction of sp³-hybridized carbons (Fsp3) is 0.857. The number of ether oxygens (including phenoxy) is 1. The van der Waals surface area contributed by atoms with Crippen molar-refractivity contribution >= 4 is 5.97 Å². The third kappa shape index (κ3) is 2.77. The van der Waals surface area contributed by atoms with Gasteiger partial charge in [-0.15, -0.1) is 0 Å². The van der Waals surface area contributed by atoms with Crippen molar-refractivity contribution in [1.82, 2.24) is 5.23 Å². The normalized spacial score (nSPS) is 15.8. The van der Waals surface area contributed by atoms with Gasteiger partial charge < -0.3 is 4.74 Å². The minimum absolute atomic E-state index is 0.000417. The Kier molecular flexibility index (Phi) is 4.16. The van der Waals surface area contributed by atoms with Gasteiger partial charge >= 0.3 is 5.97 Å². The lowest BCUT2D eigenvalue weighted by atomic mass is 9.88. The zero-order chi connectivity index (χ0) is 9.78. The molecule has 0 fully saturated rings. The number of carbonyl (C=O) groups excluding carboxylic acids is 1. The average Bonchev–Trinajstić information content (AvgIpc) is 2.01. The first-order valence-electron chi connectivity index (χ1n) is 3.70. The Hall–Kier alpha value is -0.650. The molecular weight excluding hydrogens is 162 g/mol. The minimum atomic E-state index is -0.863. The molecule has 2 N–H and O–H groups in total. The van der Waals surface area contributed by atoms with E-state index in [1.165, 1.54) is 7.11 Å². The van der Waals surface area contributed by atoms with Crippen LogP contribution in [-0.2, 0) is 9.53 Å². The summed E-state index contributed by atoms with van der Waals surface area (Å²) >= 11 is 0. The summed E-state index contributed by atoms with van der Waals surface area (Å²) in [7, 11) is 1.27. The van der Waals surface area contributed by atoms with Gasteiger partial charge in [-0.05, 0) is 13.3 Å². The lowest BCUT2D eigenvalue weighted by Gasteiger charge is -2.25. The third-order valence-electron chi connectivity index (χ3n) is 1.95. The van der Waals surface area contributed by atoms with Crippen LogP contribution in [-0.4, -0.2) is 35.3 Å². The maximum absolute atomic E-state index is 11.1. The second-order valence-corrected chi connectivity index (χ2v) is 2.94. The van der Waals surface area contributed by atoms with Crippen molar-refractivity contribution in [2.75, 3.05) is 13.7 Å². The van der Waals surface area contributed by atoms with Gasteiger partial charge in [-0.3, -0.25) is 15.2 Å². The molecule has 0 bridgehead atoms. The number of nitrogens with zero attached hydrogens (tertiary/aromatic N) is 1. The average molecular weight is 177 g/mol. The number of methoxy groups -OCH3 is 1. The number of hydroxylamine groups is 2. The van der Waals surface area contributed by atoms with Crippen LogP contribution in [0.1, 0.15) is 20.3 Å². The molecule has 0 saturated heterocycles. The maximum Gasteiger partial charge on any atom is 0.312 e. The van der Waals surface area contributed by atoms with Crippen LogP contribution in [0.3, 0.4) is 0 Å². The topological polar surface area (TPSA) is 70.0 Å². The third-order valence-corrected chi connectivity index (χ3v) is 1.95. The molecule has 1 atom stereocenters. The van der Waals surface area contributed by atoms with E-state index in [9.17, 15) is 4.79 Å². The Labute approximate surface area is 71.5 Å². The van der Waals surface area contributed by atoms with E-state index in [-0.39, 0.29) is 11.8 Å². The molecule has 0 aromatic rings. The van der Waals surface area contributed by atoms with Crippen LogP contribution in [0.5, 0.6) is 0 Å². The second-order valence-electron chi connectivity index (χ2n) is 2.94. The Morgan fingerprint density at radius 3 is 2.33 bits per heavy atom. The van der Waals surface area contributed by atoms with E-state index in [4.69, 9.17) is 10.4 Å². The van der Waals surface area contributed by atoms with Gasteiger partial charge in [-0.25, -0.2) is 0 Å². The molecule has 5 heteroatoms. The van der Waals surface area contributed by atoms with Gasteiger partial charge in [0, 0.05) is 0 Å². The first-order valence-corrected chi connectivity index (χ1v) is 3.70. The number of esters is 1. The van der Waals surface area contributed by atoms with Crippen LogP contribution >= 0.6 is 0 Å². The highest BCUT2D eigenvalue weighted by Crippen LogP contribution is 2.23. The number of hydrogen-bond acceptors (Lipinski definition) is 5. The van der Waals surface area contributed by atoms with E-state index >= 15 is 0 Å². The quantitative estimate of drug-likeness (QED) is 0.487. The van der Waals surface area contributed by atoms with E-state index < -0.39 is 11.4 Å². The molecule has 0 heterocycles. The summed E-state index contributed by atoms with van der Waals surface area (Å²) in [5.74, 6) is -0.446. The molecule has 0 amide bonds. The van der Waals surface area contributed by atoms with Gasteiger partial charge in [0.25, 0.3) is 0 Å². The summed E-state index contributed by atoms with van der Waals surface area (Å²) in [5, 5.41) is 17.1. The second kappa shape index (κ2) is 4.39. The molecule has 5 nitrogen and oxygen atoms in total. The Balaban J connectivity index is 4.33. The first-order chi connectivity index (χ1) is 5.46. The standard InChI is InChI=1S/C7H15NO4/c1-4-7(2,5-8(10)11)6(9)12-3/h10-11H,4-5H2,1-3H3. The van der Waals surface area contributed by atoms with Gasteiger partial charge in [-0.2, -0.15) is 0 Å². The zero-order valence-corrected chi connectivity index (χ0v) is 7.57. The summed E-state index contributed by atoms with van der Waals surface area (Å²) in [5.41, 5.74) is -0.863. The Bertz CT molecular complexity index is 159. The van der Waals surface area contributed by atoms with Crippen molar-refractivity contribution in [2.24, 2.45) is 5.41 Å². The van der Waals surface area contributed by atoms with Crippen LogP contribution in [0.25, 0.3) is 0 Å². The number of hydrogen-bond donors (Lipinski definition) is 2. The highest BCUT2D eigenvalue weighted by Gasteiger charge is 2.34. The Morgan fingerprint density at radius 2 is 2.08 bits per heavy atom. The van der Waals surface area contributed by atoms with Crippen LogP contribution in [0.2, 0.25) is 0 Å². The highest BCUT2D eigenvalue weighted by atomic mass is 16.8. The predicted octanol–water partition coefficient (Wildman–Crippen LogP) is 0.656. The van der Waals surface area contributed by atoms with Crippen molar-refractivity contribution in [2.45, 2.75) is 20.3 Å². The molecule has 0 rings (SSSR count). The van der Waals surface area contributed by atoms with Crippen molar-refractivity contribution < 1.29 is 19.9 Å². The van der Waals surface area contributed by atoms with Crippen molar-refractivity contribution in [3.8, 4) is 0 Å². The van der Waals surface area contributed by atoms with E-state index in [1.807, 2.05) is 0 Å². The largest absolute Gasteiger partial charge is 0.469 e. The van der Waals surface area contributed by atoms with Gasteiger partial charge in [0.1, 0.15) is 0 Å². The molecule has 0 saturated carbocycles. The summed E-state index contributed by atoms with van der Waals surface area (Å²) in [4.78, 5) is 11.1. The highest BCUT2D eigenvalue weighted by molar-refractivity contribution is 5.76. The van der Waals surface area contributed by atoms with Gasteiger partial charge in [-0.1, -0.05) is 12.2 Å². The molecule has 0 spiro atoms. The van der Waals surface area contributed by atoms with E-state index in [0.29, 0.717) is 6.42 Å². The lowest BCUT2D eigenvalue weighted by Crippen LogP contribution is -2.38. The minimum Gasteiger partial charge on any atom is -0.469 e. The molecule has 0 aromatic heterocycles. The van der Waals surface area contributed by atoms with Crippen LogP contribution in [0, 0.1) is 5.41 Å². The molecule has 0 aromatic carbocycles. The first kappa shape index (κ1) is 11.4. The van der Waals surface area contributed by atoms with Crippen LogP contribution in [0.4, 0.5) is 0 Å². The van der Waals surface area contributed by atoms with Gasteiger partial charge in [0.05, 0.1) is 19.1 Å². The predicted molar refractivity (Wildman–Crippen MR) is 40.7 cm³/mol. The monoisotopic (exact) mass is 177 g/mol. The molecule has 1 unspecified atom stereocenters. The molecule has 72 valence electrons. The van der Waals surface area contributed by atoms with Crippen molar-refractivity contribution in [3.63, 3.8) is 0 Å². The fourth-order valence-electron chi connectivity index (χ4n) is 0.879. The lowest BCUT2D eigenvalue weighted by molar-refractivity contribution is -0.317. The number of carbonyl (C=O) groups is 1. The smallest absolute Gasteiger partial charge is 0.312 e.